The maximum Gasteiger partial charge on any atom is 0.306 e. The fraction of sp³-hybridized carbons (Fsp3) is 0.855. The third-order valence-electron chi connectivity index (χ3n) is 16.6. The summed E-state index contributed by atoms with van der Waals surface area (Å²) >= 11 is 0. The zero-order valence-corrected chi connectivity index (χ0v) is 55.3. The summed E-state index contributed by atoms with van der Waals surface area (Å²) in [6, 6.07) is 0. The van der Waals surface area contributed by atoms with Crippen LogP contribution in [0.4, 0.5) is 0 Å². The lowest BCUT2D eigenvalue weighted by Crippen LogP contribution is -2.30. The molecular weight excluding hydrogens is 1010 g/mol. The zero-order chi connectivity index (χ0) is 59.2. The van der Waals surface area contributed by atoms with E-state index in [0.717, 1.165) is 83.5 Å². The van der Waals surface area contributed by atoms with Crippen molar-refractivity contribution in [1.29, 1.82) is 0 Å². The molecule has 6 heteroatoms. The highest BCUT2D eigenvalue weighted by Crippen LogP contribution is 2.19. The topological polar surface area (TPSA) is 78.9 Å². The molecule has 1 unspecified atom stereocenters. The second-order valence-corrected chi connectivity index (χ2v) is 24.8. The molecule has 0 N–H and O–H groups in total. The number of carbonyl (C=O) groups excluding carboxylic acids is 3. The smallest absolute Gasteiger partial charge is 0.306 e. The van der Waals surface area contributed by atoms with Gasteiger partial charge in [0.15, 0.2) is 6.10 Å². The molecule has 0 aromatic heterocycles. The Bertz CT molecular complexity index is 1410. The number of allylic oxidation sites excluding steroid dienone is 8. The number of unbranched alkanes of at least 4 members (excludes halogenated alkanes) is 49. The van der Waals surface area contributed by atoms with Gasteiger partial charge in [0.2, 0.25) is 0 Å². The van der Waals surface area contributed by atoms with Gasteiger partial charge in [-0.1, -0.05) is 352 Å². The van der Waals surface area contributed by atoms with Crippen LogP contribution in [0.15, 0.2) is 48.6 Å². The van der Waals surface area contributed by atoms with Crippen molar-refractivity contribution in [3.05, 3.63) is 48.6 Å². The van der Waals surface area contributed by atoms with Crippen LogP contribution in [-0.4, -0.2) is 37.2 Å². The van der Waals surface area contributed by atoms with Crippen LogP contribution in [0.1, 0.15) is 400 Å². The van der Waals surface area contributed by atoms with Crippen molar-refractivity contribution in [1.82, 2.24) is 0 Å². The van der Waals surface area contributed by atoms with E-state index in [0.29, 0.717) is 19.3 Å². The molecule has 0 heterocycles. The highest BCUT2D eigenvalue weighted by atomic mass is 16.6. The minimum Gasteiger partial charge on any atom is -0.462 e. The third-order valence-corrected chi connectivity index (χ3v) is 16.6. The van der Waals surface area contributed by atoms with Crippen molar-refractivity contribution in [2.75, 3.05) is 13.2 Å². The second kappa shape index (κ2) is 70.9. The van der Waals surface area contributed by atoms with E-state index in [-0.39, 0.29) is 31.1 Å². The van der Waals surface area contributed by atoms with Crippen LogP contribution in [-0.2, 0) is 28.6 Å². The van der Waals surface area contributed by atoms with Gasteiger partial charge < -0.3 is 14.2 Å². The van der Waals surface area contributed by atoms with Gasteiger partial charge in [0.05, 0.1) is 0 Å². The van der Waals surface area contributed by atoms with E-state index in [2.05, 4.69) is 69.4 Å². The molecule has 480 valence electrons. The van der Waals surface area contributed by atoms with Crippen molar-refractivity contribution in [3.8, 4) is 0 Å². The van der Waals surface area contributed by atoms with Gasteiger partial charge in [-0.2, -0.15) is 0 Å². The van der Waals surface area contributed by atoms with Gasteiger partial charge in [-0.25, -0.2) is 0 Å². The van der Waals surface area contributed by atoms with Gasteiger partial charge in [0.25, 0.3) is 0 Å². The van der Waals surface area contributed by atoms with E-state index in [1.54, 1.807) is 0 Å². The Hall–Kier alpha value is -2.63. The molecule has 0 radical (unpaired) electrons. The number of rotatable bonds is 68. The van der Waals surface area contributed by atoms with Gasteiger partial charge in [0, 0.05) is 19.3 Å². The number of carbonyl (C=O) groups is 3. The number of hydrogen-bond donors (Lipinski definition) is 0. The van der Waals surface area contributed by atoms with Gasteiger partial charge in [-0.05, 0) is 77.0 Å². The Morgan fingerprint density at radius 3 is 0.768 bits per heavy atom. The molecule has 0 spiro atoms. The van der Waals surface area contributed by atoms with E-state index >= 15 is 0 Å². The molecular formula is C76H140O6. The molecule has 0 fully saturated rings. The molecule has 0 aromatic rings. The molecule has 0 bridgehead atoms. The Morgan fingerprint density at radius 1 is 0.256 bits per heavy atom. The monoisotopic (exact) mass is 1150 g/mol. The standard InChI is InChI=1S/C76H140O6/c1-4-7-10-13-16-19-22-25-27-29-31-33-35-36-37-38-39-41-42-44-46-48-51-54-57-60-63-66-69-75(78)81-72-73(71-80-74(77)68-65-62-59-56-53-50-24-21-18-15-12-9-6-3)82-76(79)70-67-64-61-58-55-52-49-47-45-43-40-34-32-30-28-26-23-20-17-14-11-8-5-2/h9,12,18,21,30,32,50,53,73H,4-8,10-11,13-17,19-20,22-29,31,33-49,51-52,54-72H2,1-3H3/b12-9-,21-18-,32-30-,53-50-. The highest BCUT2D eigenvalue weighted by molar-refractivity contribution is 5.71. The molecule has 0 aliphatic rings. The molecule has 0 aliphatic heterocycles. The largest absolute Gasteiger partial charge is 0.462 e. The van der Waals surface area contributed by atoms with Crippen LogP contribution < -0.4 is 0 Å². The summed E-state index contributed by atoms with van der Waals surface area (Å²) in [4.78, 5) is 38.4. The average molecular weight is 1150 g/mol. The Kier molecular flexibility index (Phi) is 68.6. The van der Waals surface area contributed by atoms with Crippen LogP contribution in [0.5, 0.6) is 0 Å². The van der Waals surface area contributed by atoms with E-state index in [1.807, 2.05) is 0 Å². The van der Waals surface area contributed by atoms with Gasteiger partial charge in [-0.3, -0.25) is 14.4 Å². The summed E-state index contributed by atoms with van der Waals surface area (Å²) in [5.41, 5.74) is 0. The van der Waals surface area contributed by atoms with E-state index in [4.69, 9.17) is 14.2 Å². The molecule has 0 saturated carbocycles. The number of ether oxygens (including phenoxy) is 3. The minimum absolute atomic E-state index is 0.0786. The van der Waals surface area contributed by atoms with Crippen molar-refractivity contribution >= 4 is 17.9 Å². The van der Waals surface area contributed by atoms with Crippen molar-refractivity contribution in [2.45, 2.75) is 406 Å². The van der Waals surface area contributed by atoms with E-state index < -0.39 is 6.10 Å². The van der Waals surface area contributed by atoms with Crippen molar-refractivity contribution in [3.63, 3.8) is 0 Å². The highest BCUT2D eigenvalue weighted by Gasteiger charge is 2.19. The van der Waals surface area contributed by atoms with Crippen molar-refractivity contribution in [2.24, 2.45) is 0 Å². The quantitative estimate of drug-likeness (QED) is 0.0261. The van der Waals surface area contributed by atoms with Crippen LogP contribution >= 0.6 is 0 Å². The average Bonchev–Trinajstić information content (AvgIpc) is 3.47. The first-order chi connectivity index (χ1) is 40.5. The second-order valence-electron chi connectivity index (χ2n) is 24.8. The summed E-state index contributed by atoms with van der Waals surface area (Å²) in [6.07, 6.45) is 90.2. The lowest BCUT2D eigenvalue weighted by molar-refractivity contribution is -0.167. The predicted molar refractivity (Wildman–Crippen MR) is 358 cm³/mol. The molecule has 82 heavy (non-hydrogen) atoms. The summed E-state index contributed by atoms with van der Waals surface area (Å²) in [6.45, 7) is 6.57. The molecule has 1 atom stereocenters. The molecule has 0 saturated heterocycles. The summed E-state index contributed by atoms with van der Waals surface area (Å²) < 4.78 is 17.0. The van der Waals surface area contributed by atoms with Gasteiger partial charge >= 0.3 is 17.9 Å². The molecule has 0 amide bonds. The van der Waals surface area contributed by atoms with Gasteiger partial charge in [0.1, 0.15) is 13.2 Å². The van der Waals surface area contributed by atoms with Crippen LogP contribution in [0.25, 0.3) is 0 Å². The van der Waals surface area contributed by atoms with Crippen molar-refractivity contribution < 1.29 is 28.6 Å². The third kappa shape index (κ3) is 68.2. The van der Waals surface area contributed by atoms with Gasteiger partial charge in [-0.15, -0.1) is 0 Å². The Morgan fingerprint density at radius 2 is 0.476 bits per heavy atom. The summed E-state index contributed by atoms with van der Waals surface area (Å²) in [7, 11) is 0. The summed E-state index contributed by atoms with van der Waals surface area (Å²) in [5.74, 6) is -0.884. The van der Waals surface area contributed by atoms with E-state index in [1.165, 1.54) is 276 Å². The fourth-order valence-corrected chi connectivity index (χ4v) is 11.1. The number of esters is 3. The fourth-order valence-electron chi connectivity index (χ4n) is 11.1. The Labute approximate surface area is 511 Å². The minimum atomic E-state index is -0.785. The van der Waals surface area contributed by atoms with Crippen LogP contribution in [0.2, 0.25) is 0 Å². The van der Waals surface area contributed by atoms with Crippen LogP contribution in [0.3, 0.4) is 0 Å². The first-order valence-corrected chi connectivity index (χ1v) is 36.6. The lowest BCUT2D eigenvalue weighted by atomic mass is 10.0. The van der Waals surface area contributed by atoms with E-state index in [9.17, 15) is 14.4 Å². The number of hydrogen-bond acceptors (Lipinski definition) is 6. The molecule has 6 nitrogen and oxygen atoms in total. The molecule has 0 aromatic carbocycles. The maximum absolute atomic E-state index is 13.0. The maximum atomic E-state index is 13.0. The first-order valence-electron chi connectivity index (χ1n) is 36.6. The zero-order valence-electron chi connectivity index (χ0n) is 55.3. The summed E-state index contributed by atoms with van der Waals surface area (Å²) in [5, 5.41) is 0. The Balaban J connectivity index is 4.20. The van der Waals surface area contributed by atoms with Crippen LogP contribution in [0, 0.1) is 0 Å². The molecule has 0 rings (SSSR count). The first kappa shape index (κ1) is 79.4. The predicted octanol–water partition coefficient (Wildman–Crippen LogP) is 25.3. The lowest BCUT2D eigenvalue weighted by Gasteiger charge is -2.18. The normalized spacial score (nSPS) is 12.3. The SMILES string of the molecule is CC/C=C\C/C=C\C/C=C\CCCCCC(=O)OCC(COC(=O)CCCCCCCCCCCCCCCCCCCCCCCCCCCCCC)OC(=O)CCCCCCCCCCCCC/C=C\CCCCCCCCCC. The molecule has 0 aliphatic carbocycles.